The Balaban J connectivity index is 1.29. The first kappa shape index (κ1) is 18.7. The van der Waals surface area contributed by atoms with E-state index in [1.807, 2.05) is 6.92 Å². The third-order valence-electron chi connectivity index (χ3n) is 5.49. The molecule has 146 valence electrons. The van der Waals surface area contributed by atoms with Crippen LogP contribution in [0, 0.1) is 0 Å². The Labute approximate surface area is 166 Å². The molecule has 1 aromatic heterocycles. The molecule has 1 heterocycles. The van der Waals surface area contributed by atoms with Crippen LogP contribution in [0.25, 0.3) is 11.5 Å². The van der Waals surface area contributed by atoms with Gasteiger partial charge in [0.25, 0.3) is 5.89 Å². The van der Waals surface area contributed by atoms with Gasteiger partial charge in [0.05, 0.1) is 7.11 Å². The van der Waals surface area contributed by atoms with Crippen molar-refractivity contribution in [1.29, 1.82) is 0 Å². The summed E-state index contributed by atoms with van der Waals surface area (Å²) in [5.41, 5.74) is 5.08. The van der Waals surface area contributed by atoms with E-state index < -0.39 is 0 Å². The van der Waals surface area contributed by atoms with Gasteiger partial charge in [0.2, 0.25) is 0 Å². The summed E-state index contributed by atoms with van der Waals surface area (Å²) in [5.74, 6) is 2.37. The third-order valence-corrected chi connectivity index (χ3v) is 5.49. The minimum atomic E-state index is 0.532. The molecule has 28 heavy (non-hydrogen) atoms. The van der Waals surface area contributed by atoms with Crippen molar-refractivity contribution in [2.75, 3.05) is 13.7 Å². The van der Waals surface area contributed by atoms with E-state index in [2.05, 4.69) is 57.9 Å². The molecule has 1 aliphatic rings. The Morgan fingerprint density at radius 1 is 1.18 bits per heavy atom. The fourth-order valence-corrected chi connectivity index (χ4v) is 3.89. The van der Waals surface area contributed by atoms with E-state index in [0.717, 1.165) is 55.8 Å². The van der Waals surface area contributed by atoms with Crippen molar-refractivity contribution in [1.82, 2.24) is 15.5 Å². The number of aromatic nitrogens is 2. The Morgan fingerprint density at radius 3 is 2.79 bits per heavy atom. The molecule has 1 atom stereocenters. The number of aryl methyl sites for hydroxylation is 1. The zero-order valence-corrected chi connectivity index (χ0v) is 16.6. The Kier molecular flexibility index (Phi) is 5.72. The molecule has 0 fully saturated rings. The topological polar surface area (TPSA) is 60.2 Å². The van der Waals surface area contributed by atoms with E-state index in [4.69, 9.17) is 9.26 Å². The molecule has 0 bridgehead atoms. The fraction of sp³-hybridized carbons (Fsp3) is 0.391. The van der Waals surface area contributed by atoms with Crippen LogP contribution in [0.3, 0.4) is 0 Å². The van der Waals surface area contributed by atoms with Gasteiger partial charge in [-0.25, -0.2) is 0 Å². The number of ether oxygens (including phenoxy) is 1. The highest BCUT2D eigenvalue weighted by Gasteiger charge is 2.20. The number of hydrogen-bond donors (Lipinski definition) is 1. The summed E-state index contributed by atoms with van der Waals surface area (Å²) in [7, 11) is 1.76. The van der Waals surface area contributed by atoms with Gasteiger partial charge < -0.3 is 14.6 Å². The summed E-state index contributed by atoms with van der Waals surface area (Å²) in [5, 5.41) is 7.68. The third kappa shape index (κ3) is 4.09. The van der Waals surface area contributed by atoms with Crippen molar-refractivity contribution >= 4 is 0 Å². The second-order valence-corrected chi connectivity index (χ2v) is 7.31. The zero-order valence-electron chi connectivity index (χ0n) is 16.6. The molecule has 3 aromatic rings. The van der Waals surface area contributed by atoms with Crippen LogP contribution in [0.2, 0.25) is 0 Å². The molecule has 0 spiro atoms. The van der Waals surface area contributed by atoms with Crippen molar-refractivity contribution in [2.45, 2.75) is 45.1 Å². The number of nitrogens with one attached hydrogen (secondary N) is 1. The van der Waals surface area contributed by atoms with E-state index in [9.17, 15) is 0 Å². The Hall–Kier alpha value is -2.66. The number of rotatable bonds is 7. The van der Waals surface area contributed by atoms with E-state index >= 15 is 0 Å². The molecule has 2 aromatic carbocycles. The van der Waals surface area contributed by atoms with Crippen molar-refractivity contribution in [3.05, 3.63) is 65.0 Å². The molecule has 0 saturated heterocycles. The van der Waals surface area contributed by atoms with Gasteiger partial charge in [-0.1, -0.05) is 36.3 Å². The van der Waals surface area contributed by atoms with Gasteiger partial charge in [-0.3, -0.25) is 0 Å². The van der Waals surface area contributed by atoms with E-state index in [1.165, 1.54) is 16.7 Å². The maximum Gasteiger partial charge on any atom is 0.257 e. The van der Waals surface area contributed by atoms with Crippen LogP contribution in [0.4, 0.5) is 0 Å². The van der Waals surface area contributed by atoms with Gasteiger partial charge in [0.15, 0.2) is 5.82 Å². The molecule has 0 radical (unpaired) electrons. The lowest BCUT2D eigenvalue weighted by molar-refractivity contribution is 0.397. The number of fused-ring (bicyclic) bond motifs is 1. The lowest BCUT2D eigenvalue weighted by Crippen LogP contribution is -2.35. The monoisotopic (exact) mass is 377 g/mol. The first-order chi connectivity index (χ1) is 13.8. The highest BCUT2D eigenvalue weighted by atomic mass is 16.5. The number of nitrogens with zero attached hydrogens (tertiary/aromatic N) is 2. The molecule has 1 unspecified atom stereocenters. The van der Waals surface area contributed by atoms with Crippen LogP contribution in [-0.4, -0.2) is 29.8 Å². The highest BCUT2D eigenvalue weighted by Crippen LogP contribution is 2.29. The minimum Gasteiger partial charge on any atom is -0.496 e. The van der Waals surface area contributed by atoms with Crippen LogP contribution in [0.15, 0.2) is 47.0 Å². The average molecular weight is 377 g/mol. The second kappa shape index (κ2) is 8.57. The predicted octanol–water partition coefficient (Wildman–Crippen LogP) is 4.00. The van der Waals surface area contributed by atoms with Gasteiger partial charge in [-0.05, 0) is 67.1 Å². The summed E-state index contributed by atoms with van der Waals surface area (Å²) in [6, 6.07) is 15.3. The number of methoxy groups -OCH3 is 1. The zero-order chi connectivity index (χ0) is 19.3. The molecule has 5 heteroatoms. The normalized spacial score (nSPS) is 16.0. The van der Waals surface area contributed by atoms with Crippen molar-refractivity contribution < 1.29 is 9.26 Å². The van der Waals surface area contributed by atoms with Gasteiger partial charge in [-0.15, -0.1) is 0 Å². The van der Waals surface area contributed by atoms with Crippen LogP contribution in [-0.2, 0) is 25.7 Å². The Morgan fingerprint density at radius 2 is 2.04 bits per heavy atom. The fourth-order valence-electron chi connectivity index (χ4n) is 3.89. The molecule has 0 saturated carbocycles. The van der Waals surface area contributed by atoms with Crippen LogP contribution < -0.4 is 10.1 Å². The summed E-state index contributed by atoms with van der Waals surface area (Å²) < 4.78 is 10.8. The number of benzene rings is 2. The minimum absolute atomic E-state index is 0.532. The lowest BCUT2D eigenvalue weighted by atomic mass is 9.87. The smallest absolute Gasteiger partial charge is 0.257 e. The lowest BCUT2D eigenvalue weighted by Gasteiger charge is -2.27. The van der Waals surface area contributed by atoms with Crippen LogP contribution >= 0.6 is 0 Å². The summed E-state index contributed by atoms with van der Waals surface area (Å²) in [6.45, 7) is 3.00. The Bertz CT molecular complexity index is 918. The predicted molar refractivity (Wildman–Crippen MR) is 110 cm³/mol. The SMILES string of the molecule is CCc1noc(-c2ccc(CCNC3CCc4c(cccc4OC)C3)cc2)n1. The number of hydrogen-bond acceptors (Lipinski definition) is 5. The van der Waals surface area contributed by atoms with E-state index in [-0.39, 0.29) is 0 Å². The average Bonchev–Trinajstić information content (AvgIpc) is 3.23. The van der Waals surface area contributed by atoms with Gasteiger partial charge in [0, 0.05) is 18.0 Å². The first-order valence-electron chi connectivity index (χ1n) is 10.1. The molecule has 1 N–H and O–H groups in total. The molecular weight excluding hydrogens is 350 g/mol. The van der Waals surface area contributed by atoms with Gasteiger partial charge >= 0.3 is 0 Å². The molecular formula is C23H27N3O2. The van der Waals surface area contributed by atoms with Crippen molar-refractivity contribution in [3.8, 4) is 17.2 Å². The molecule has 0 amide bonds. The standard InChI is InChI=1S/C23H27N3O2/c1-3-22-25-23(28-26-22)17-9-7-16(8-10-17)13-14-24-19-11-12-20-18(15-19)5-4-6-21(20)27-2/h4-10,19,24H,3,11-15H2,1-2H3. The summed E-state index contributed by atoms with van der Waals surface area (Å²) in [6.07, 6.45) is 5.10. The molecule has 5 nitrogen and oxygen atoms in total. The maximum absolute atomic E-state index is 5.50. The van der Waals surface area contributed by atoms with Crippen molar-refractivity contribution in [3.63, 3.8) is 0 Å². The molecule has 1 aliphatic carbocycles. The van der Waals surface area contributed by atoms with E-state index in [1.54, 1.807) is 7.11 Å². The quantitative estimate of drug-likeness (QED) is 0.674. The van der Waals surface area contributed by atoms with E-state index in [0.29, 0.717) is 11.9 Å². The van der Waals surface area contributed by atoms with Crippen molar-refractivity contribution in [2.24, 2.45) is 0 Å². The molecule has 4 rings (SSSR count). The largest absolute Gasteiger partial charge is 0.496 e. The highest BCUT2D eigenvalue weighted by molar-refractivity contribution is 5.53. The van der Waals surface area contributed by atoms with Crippen LogP contribution in [0.1, 0.15) is 35.9 Å². The summed E-state index contributed by atoms with van der Waals surface area (Å²) >= 11 is 0. The van der Waals surface area contributed by atoms with Gasteiger partial charge in [0.1, 0.15) is 5.75 Å². The maximum atomic E-state index is 5.50. The summed E-state index contributed by atoms with van der Waals surface area (Å²) in [4.78, 5) is 4.38. The van der Waals surface area contributed by atoms with Crippen LogP contribution in [0.5, 0.6) is 5.75 Å². The first-order valence-corrected chi connectivity index (χ1v) is 10.1. The second-order valence-electron chi connectivity index (χ2n) is 7.31. The van der Waals surface area contributed by atoms with Gasteiger partial charge in [-0.2, -0.15) is 4.98 Å². The molecule has 0 aliphatic heterocycles.